The third-order valence-electron chi connectivity index (χ3n) is 9.46. The molecular formula is C40H47N5O3. The van der Waals surface area contributed by atoms with Crippen LogP contribution in [0.15, 0.2) is 109 Å². The van der Waals surface area contributed by atoms with Gasteiger partial charge in [0.1, 0.15) is 11.6 Å². The molecule has 0 unspecified atom stereocenters. The second-order valence-electron chi connectivity index (χ2n) is 13.7. The summed E-state index contributed by atoms with van der Waals surface area (Å²) >= 11 is 0. The fourth-order valence-electron chi connectivity index (χ4n) is 6.48. The van der Waals surface area contributed by atoms with E-state index in [-0.39, 0.29) is 23.6 Å². The van der Waals surface area contributed by atoms with Crippen LogP contribution < -0.4 is 5.73 Å². The van der Waals surface area contributed by atoms with Crippen molar-refractivity contribution in [1.82, 2.24) is 19.7 Å². The van der Waals surface area contributed by atoms with E-state index >= 15 is 0 Å². The van der Waals surface area contributed by atoms with E-state index in [1.807, 2.05) is 98.8 Å². The number of pyridine rings is 1. The Morgan fingerprint density at radius 3 is 2.31 bits per heavy atom. The van der Waals surface area contributed by atoms with Gasteiger partial charge in [-0.2, -0.15) is 0 Å². The van der Waals surface area contributed by atoms with Crippen LogP contribution in [0.5, 0.6) is 0 Å². The van der Waals surface area contributed by atoms with Gasteiger partial charge in [0, 0.05) is 63.9 Å². The number of rotatable bonds is 13. The van der Waals surface area contributed by atoms with Gasteiger partial charge in [0.2, 0.25) is 17.7 Å². The fourth-order valence-corrected chi connectivity index (χ4v) is 6.48. The number of likely N-dealkylation sites (N-methyl/N-ethyl adjacent to an activating group) is 3. The summed E-state index contributed by atoms with van der Waals surface area (Å²) in [6.07, 6.45) is 6.90. The molecule has 1 saturated carbocycles. The SMILES string of the molecule is CN(CCc1ccccn1)C(=O)[C@]1(N(C)C(=O)[C@@H](Cc2ccc3ccccc3c2)N(C)C(=O)/C=C/CC(C)(C)N)C[C@@H]1c1ccccc1. The summed E-state index contributed by atoms with van der Waals surface area (Å²) in [5.41, 5.74) is 7.42. The van der Waals surface area contributed by atoms with Crippen LogP contribution in [0.2, 0.25) is 0 Å². The maximum atomic E-state index is 14.8. The molecule has 8 nitrogen and oxygen atoms in total. The van der Waals surface area contributed by atoms with Crippen LogP contribution in [0.25, 0.3) is 10.8 Å². The highest BCUT2D eigenvalue weighted by Gasteiger charge is 2.65. The van der Waals surface area contributed by atoms with Gasteiger partial charge in [0.05, 0.1) is 0 Å². The van der Waals surface area contributed by atoms with Crippen LogP contribution in [0, 0.1) is 0 Å². The number of fused-ring (bicyclic) bond motifs is 1. The van der Waals surface area contributed by atoms with E-state index in [4.69, 9.17) is 5.73 Å². The molecule has 0 spiro atoms. The molecule has 0 aliphatic heterocycles. The van der Waals surface area contributed by atoms with Crippen LogP contribution in [0.4, 0.5) is 0 Å². The van der Waals surface area contributed by atoms with Crippen LogP contribution in [-0.2, 0) is 27.2 Å². The molecule has 3 aromatic carbocycles. The molecule has 3 atom stereocenters. The van der Waals surface area contributed by atoms with Gasteiger partial charge in [-0.1, -0.05) is 84.9 Å². The molecule has 5 rings (SSSR count). The number of carbonyl (C=O) groups is 3. The molecule has 0 saturated heterocycles. The van der Waals surface area contributed by atoms with Crippen molar-refractivity contribution in [2.75, 3.05) is 27.7 Å². The lowest BCUT2D eigenvalue weighted by Crippen LogP contribution is -2.57. The van der Waals surface area contributed by atoms with Gasteiger partial charge in [-0.3, -0.25) is 19.4 Å². The Labute approximate surface area is 284 Å². The van der Waals surface area contributed by atoms with E-state index in [1.165, 1.54) is 11.0 Å². The highest BCUT2D eigenvalue weighted by atomic mass is 16.2. The topological polar surface area (TPSA) is 99.8 Å². The smallest absolute Gasteiger partial charge is 0.248 e. The Hall–Kier alpha value is -4.82. The van der Waals surface area contributed by atoms with Gasteiger partial charge in [0.15, 0.2) is 0 Å². The van der Waals surface area contributed by atoms with E-state index in [2.05, 4.69) is 11.1 Å². The molecule has 8 heteroatoms. The summed E-state index contributed by atoms with van der Waals surface area (Å²) in [5, 5.41) is 2.15. The lowest BCUT2D eigenvalue weighted by Gasteiger charge is -2.37. The lowest BCUT2D eigenvalue weighted by molar-refractivity contribution is -0.150. The van der Waals surface area contributed by atoms with E-state index in [0.29, 0.717) is 32.2 Å². The van der Waals surface area contributed by atoms with Crippen LogP contribution >= 0.6 is 0 Å². The standard InChI is InChI=1S/C40H47N5O3/c1-39(2,41)23-13-19-36(46)44(4)35(27-29-20-21-30-14-9-10-17-32(30)26-29)37(47)45(5)40(28-34(40)31-15-7-6-8-16-31)38(48)43(3)25-22-33-18-11-12-24-42-33/h6-21,24,26,34-35H,22-23,25,27-28,41H2,1-5H3/b19-13+/t34-,35-,40+/m1/s1. The minimum atomic E-state index is -1.08. The third-order valence-corrected chi connectivity index (χ3v) is 9.46. The number of carbonyl (C=O) groups excluding carboxylic acids is 3. The largest absolute Gasteiger partial charge is 0.343 e. The summed E-state index contributed by atoms with van der Waals surface area (Å²) in [7, 11) is 5.17. The molecule has 3 amide bonds. The molecule has 1 fully saturated rings. The number of aromatic nitrogens is 1. The molecular weight excluding hydrogens is 598 g/mol. The first-order valence-corrected chi connectivity index (χ1v) is 16.6. The zero-order chi connectivity index (χ0) is 34.5. The van der Waals surface area contributed by atoms with Gasteiger partial charge >= 0.3 is 0 Å². The summed E-state index contributed by atoms with van der Waals surface area (Å²) in [4.78, 5) is 52.0. The number of hydrogen-bond donors (Lipinski definition) is 1. The molecule has 1 aromatic heterocycles. The van der Waals surface area contributed by atoms with Crippen LogP contribution in [0.3, 0.4) is 0 Å². The lowest BCUT2D eigenvalue weighted by atomic mass is 9.98. The first kappa shape index (κ1) is 34.5. The summed E-state index contributed by atoms with van der Waals surface area (Å²) in [5.74, 6) is -0.871. The first-order valence-electron chi connectivity index (χ1n) is 16.6. The van der Waals surface area contributed by atoms with Gasteiger partial charge in [-0.05, 0) is 66.8 Å². The molecule has 2 N–H and O–H groups in total. The second-order valence-corrected chi connectivity index (χ2v) is 13.7. The summed E-state index contributed by atoms with van der Waals surface area (Å²) < 4.78 is 0. The van der Waals surface area contributed by atoms with E-state index in [9.17, 15) is 14.4 Å². The predicted octanol–water partition coefficient (Wildman–Crippen LogP) is 5.37. The van der Waals surface area contributed by atoms with Crippen molar-refractivity contribution in [2.24, 2.45) is 5.73 Å². The summed E-state index contributed by atoms with van der Waals surface area (Å²) in [6.45, 7) is 4.26. The molecule has 1 heterocycles. The minimum Gasteiger partial charge on any atom is -0.343 e. The molecule has 1 aliphatic carbocycles. The Morgan fingerprint density at radius 2 is 1.62 bits per heavy atom. The summed E-state index contributed by atoms with van der Waals surface area (Å²) in [6, 6.07) is 29.0. The minimum absolute atomic E-state index is 0.119. The predicted molar refractivity (Wildman–Crippen MR) is 191 cm³/mol. The maximum absolute atomic E-state index is 14.8. The Kier molecular flexibility index (Phi) is 10.4. The van der Waals surface area contributed by atoms with E-state index in [1.54, 1.807) is 43.2 Å². The van der Waals surface area contributed by atoms with Gasteiger partial charge in [-0.15, -0.1) is 0 Å². The number of nitrogens with two attached hydrogens (primary N) is 1. The zero-order valence-electron chi connectivity index (χ0n) is 28.7. The van der Waals surface area contributed by atoms with Crippen molar-refractivity contribution in [3.63, 3.8) is 0 Å². The van der Waals surface area contributed by atoms with Gasteiger partial charge < -0.3 is 20.4 Å². The van der Waals surface area contributed by atoms with Crippen molar-refractivity contribution in [3.8, 4) is 0 Å². The quantitative estimate of drug-likeness (QED) is 0.197. The zero-order valence-corrected chi connectivity index (χ0v) is 28.7. The van der Waals surface area contributed by atoms with Crippen molar-refractivity contribution in [3.05, 3.63) is 126 Å². The Balaban J connectivity index is 1.46. The first-order chi connectivity index (χ1) is 22.9. The number of amides is 3. The van der Waals surface area contributed by atoms with Crippen molar-refractivity contribution >= 4 is 28.5 Å². The van der Waals surface area contributed by atoms with Crippen LogP contribution in [0.1, 0.15) is 49.4 Å². The highest BCUT2D eigenvalue weighted by Crippen LogP contribution is 2.56. The van der Waals surface area contributed by atoms with E-state index in [0.717, 1.165) is 27.6 Å². The Morgan fingerprint density at radius 1 is 0.938 bits per heavy atom. The van der Waals surface area contributed by atoms with Crippen molar-refractivity contribution < 1.29 is 14.4 Å². The molecule has 4 aromatic rings. The molecule has 0 radical (unpaired) electrons. The van der Waals surface area contributed by atoms with Gasteiger partial charge in [-0.25, -0.2) is 0 Å². The molecule has 1 aliphatic rings. The molecule has 48 heavy (non-hydrogen) atoms. The Bertz CT molecular complexity index is 1770. The molecule has 250 valence electrons. The monoisotopic (exact) mass is 645 g/mol. The second kappa shape index (κ2) is 14.5. The normalized spacial score (nSPS) is 18.0. The molecule has 0 bridgehead atoms. The van der Waals surface area contributed by atoms with Crippen LogP contribution in [-0.4, -0.2) is 82.2 Å². The average molecular weight is 646 g/mol. The maximum Gasteiger partial charge on any atom is 0.248 e. The number of nitrogens with zero attached hydrogens (tertiary/aromatic N) is 4. The third kappa shape index (κ3) is 7.82. The van der Waals surface area contributed by atoms with Gasteiger partial charge in [0.25, 0.3) is 0 Å². The van der Waals surface area contributed by atoms with Crippen molar-refractivity contribution in [1.29, 1.82) is 0 Å². The van der Waals surface area contributed by atoms with E-state index < -0.39 is 17.1 Å². The van der Waals surface area contributed by atoms with Crippen molar-refractivity contribution in [2.45, 2.75) is 62.6 Å². The number of benzene rings is 3. The fraction of sp³-hybridized carbons (Fsp3) is 0.350. The highest BCUT2D eigenvalue weighted by molar-refractivity contribution is 5.99. The number of hydrogen-bond acceptors (Lipinski definition) is 5. The average Bonchev–Trinajstić information content (AvgIpc) is 3.85.